The number of hydrogen-bond acceptors (Lipinski definition) is 5. The Labute approximate surface area is 363 Å². The first-order chi connectivity index (χ1) is 29.0. The molecule has 6 heteroatoms. The molecule has 0 aliphatic carbocycles. The Morgan fingerprint density at radius 2 is 0.932 bits per heavy atom. The van der Waals surface area contributed by atoms with Gasteiger partial charge in [0.1, 0.15) is 6.10 Å². The van der Waals surface area contributed by atoms with Crippen LogP contribution in [0.2, 0.25) is 0 Å². The van der Waals surface area contributed by atoms with E-state index in [1.54, 1.807) is 0 Å². The van der Waals surface area contributed by atoms with Crippen LogP contribution >= 0.6 is 0 Å². The second kappa shape index (κ2) is 45.9. The second-order valence-corrected chi connectivity index (χ2v) is 15.7. The number of amides is 1. The molecule has 0 aromatic carbocycles. The minimum atomic E-state index is -0.810. The SMILES string of the molecule is CC/C=C\C/C=C\C/C=C\C/C=C\C/C=C\CCCC(CC(=O)NC(CO)C(O)CCCCCCCCCCC)OC(=O)CCCCCC/C=C/C/C=C/C/C=C/CC. The number of hydrogen-bond donors (Lipinski definition) is 3. The maximum atomic E-state index is 13.1. The molecule has 0 heterocycles. The average molecular weight is 820 g/mol. The molecular formula is C53H89NO5. The number of ether oxygens (including phenoxy) is 1. The van der Waals surface area contributed by atoms with E-state index in [-0.39, 0.29) is 24.9 Å². The van der Waals surface area contributed by atoms with Crippen molar-refractivity contribution in [1.82, 2.24) is 5.32 Å². The van der Waals surface area contributed by atoms with Gasteiger partial charge in [-0.05, 0) is 96.3 Å². The summed E-state index contributed by atoms with van der Waals surface area (Å²) in [5.74, 6) is -0.568. The van der Waals surface area contributed by atoms with Gasteiger partial charge in [0.2, 0.25) is 5.91 Å². The predicted octanol–water partition coefficient (Wildman–Crippen LogP) is 14.2. The molecule has 0 spiro atoms. The molecular weight excluding hydrogens is 731 g/mol. The molecule has 0 aliphatic rings. The molecule has 0 rings (SSSR count). The van der Waals surface area contributed by atoms with E-state index in [0.29, 0.717) is 19.3 Å². The van der Waals surface area contributed by atoms with E-state index in [1.807, 2.05) is 0 Å². The standard InChI is InChI=1S/C53H89NO5/c1-4-7-10-13-16-19-21-23-25-26-27-28-30-33-35-38-41-44-49(59-53(58)46-43-40-37-34-31-29-24-22-20-17-14-11-8-5-2)47-52(57)54-50(48-55)51(56)45-42-39-36-32-18-15-12-9-6-3/h7-8,10-11,16-17,19-20,23-25,27-29,33,35,49-51,55-56H,4-6,9,12-15,18,21-22,26,30-32,34,36-48H2,1-3H3,(H,54,57)/b10-7-,11-8+,19-16-,20-17+,25-23-,28-27-,29-24+,35-33-. The number of allylic oxidation sites excluding steroid dienone is 16. The lowest BCUT2D eigenvalue weighted by atomic mass is 10.0. The third-order valence-corrected chi connectivity index (χ3v) is 10.2. The first-order valence-corrected chi connectivity index (χ1v) is 24.0. The van der Waals surface area contributed by atoms with Gasteiger partial charge in [0.25, 0.3) is 0 Å². The van der Waals surface area contributed by atoms with Crippen molar-refractivity contribution in [2.24, 2.45) is 0 Å². The lowest BCUT2D eigenvalue weighted by Crippen LogP contribution is -2.46. The molecule has 0 radical (unpaired) electrons. The topological polar surface area (TPSA) is 95.9 Å². The summed E-state index contributed by atoms with van der Waals surface area (Å²) in [6, 6.07) is -0.728. The highest BCUT2D eigenvalue weighted by molar-refractivity contribution is 5.77. The lowest BCUT2D eigenvalue weighted by molar-refractivity contribution is -0.151. The Hall–Kier alpha value is -3.22. The first-order valence-electron chi connectivity index (χ1n) is 24.0. The van der Waals surface area contributed by atoms with Gasteiger partial charge in [-0.1, -0.05) is 189 Å². The summed E-state index contributed by atoms with van der Waals surface area (Å²) < 4.78 is 5.88. The van der Waals surface area contributed by atoms with Crippen molar-refractivity contribution in [2.45, 2.75) is 219 Å². The van der Waals surface area contributed by atoms with Gasteiger partial charge in [-0.15, -0.1) is 0 Å². The van der Waals surface area contributed by atoms with E-state index in [4.69, 9.17) is 4.74 Å². The zero-order valence-corrected chi connectivity index (χ0v) is 38.1. The summed E-state index contributed by atoms with van der Waals surface area (Å²) in [6.07, 6.45) is 60.4. The Balaban J connectivity index is 4.78. The Bertz CT molecular complexity index is 1190. The Kier molecular flexibility index (Phi) is 43.4. The van der Waals surface area contributed by atoms with Crippen LogP contribution in [0.15, 0.2) is 97.2 Å². The van der Waals surface area contributed by atoms with Crippen LogP contribution in [0.3, 0.4) is 0 Å². The third-order valence-electron chi connectivity index (χ3n) is 10.2. The number of aliphatic hydroxyl groups excluding tert-OH is 2. The summed E-state index contributed by atoms with van der Waals surface area (Å²) in [4.78, 5) is 26.0. The number of esters is 1. The summed E-state index contributed by atoms with van der Waals surface area (Å²) in [7, 11) is 0. The Morgan fingerprint density at radius 1 is 0.508 bits per heavy atom. The van der Waals surface area contributed by atoms with Gasteiger partial charge in [0.15, 0.2) is 0 Å². The van der Waals surface area contributed by atoms with Crippen LogP contribution < -0.4 is 5.32 Å². The molecule has 0 bridgehead atoms. The fraction of sp³-hybridized carbons (Fsp3) is 0.660. The van der Waals surface area contributed by atoms with Crippen molar-refractivity contribution in [3.8, 4) is 0 Å². The lowest BCUT2D eigenvalue weighted by Gasteiger charge is -2.24. The van der Waals surface area contributed by atoms with Crippen molar-refractivity contribution >= 4 is 11.9 Å². The normalized spacial score (nSPS) is 14.2. The number of aliphatic hydroxyl groups is 2. The fourth-order valence-corrected chi connectivity index (χ4v) is 6.59. The van der Waals surface area contributed by atoms with E-state index in [2.05, 4.69) is 123 Å². The van der Waals surface area contributed by atoms with Gasteiger partial charge in [-0.25, -0.2) is 0 Å². The molecule has 0 aromatic heterocycles. The quantitative estimate of drug-likeness (QED) is 0.0324. The van der Waals surface area contributed by atoms with Crippen molar-refractivity contribution in [3.05, 3.63) is 97.2 Å². The van der Waals surface area contributed by atoms with Gasteiger partial charge >= 0.3 is 5.97 Å². The molecule has 59 heavy (non-hydrogen) atoms. The minimum Gasteiger partial charge on any atom is -0.462 e. The predicted molar refractivity (Wildman–Crippen MR) is 254 cm³/mol. The van der Waals surface area contributed by atoms with Crippen LogP contribution in [0.5, 0.6) is 0 Å². The van der Waals surface area contributed by atoms with Crippen LogP contribution in [0, 0.1) is 0 Å². The van der Waals surface area contributed by atoms with Crippen molar-refractivity contribution in [3.63, 3.8) is 0 Å². The molecule has 3 atom stereocenters. The second-order valence-electron chi connectivity index (χ2n) is 15.7. The molecule has 0 saturated carbocycles. The van der Waals surface area contributed by atoms with Crippen molar-refractivity contribution in [2.75, 3.05) is 6.61 Å². The maximum absolute atomic E-state index is 13.1. The van der Waals surface area contributed by atoms with Gasteiger partial charge < -0.3 is 20.3 Å². The van der Waals surface area contributed by atoms with Crippen molar-refractivity contribution in [1.29, 1.82) is 0 Å². The van der Waals surface area contributed by atoms with E-state index in [9.17, 15) is 19.8 Å². The van der Waals surface area contributed by atoms with Gasteiger partial charge in [-0.3, -0.25) is 9.59 Å². The maximum Gasteiger partial charge on any atom is 0.306 e. The smallest absolute Gasteiger partial charge is 0.306 e. The van der Waals surface area contributed by atoms with Gasteiger partial charge in [-0.2, -0.15) is 0 Å². The molecule has 1 amide bonds. The van der Waals surface area contributed by atoms with Crippen LogP contribution in [-0.4, -0.2) is 46.9 Å². The highest BCUT2D eigenvalue weighted by Gasteiger charge is 2.24. The molecule has 0 fully saturated rings. The van der Waals surface area contributed by atoms with Crippen LogP contribution in [0.1, 0.15) is 201 Å². The summed E-state index contributed by atoms with van der Waals surface area (Å²) in [6.45, 7) is 6.19. The molecule has 336 valence electrons. The molecule has 0 aromatic rings. The van der Waals surface area contributed by atoms with Crippen molar-refractivity contribution < 1.29 is 24.5 Å². The highest BCUT2D eigenvalue weighted by atomic mass is 16.5. The molecule has 6 nitrogen and oxygen atoms in total. The zero-order valence-electron chi connectivity index (χ0n) is 38.1. The van der Waals surface area contributed by atoms with E-state index < -0.39 is 18.2 Å². The largest absolute Gasteiger partial charge is 0.462 e. The van der Waals surface area contributed by atoms with E-state index >= 15 is 0 Å². The number of carbonyl (C=O) groups is 2. The monoisotopic (exact) mass is 820 g/mol. The fourth-order valence-electron chi connectivity index (χ4n) is 6.59. The van der Waals surface area contributed by atoms with Gasteiger partial charge in [0.05, 0.1) is 25.2 Å². The highest BCUT2D eigenvalue weighted by Crippen LogP contribution is 2.16. The number of carbonyl (C=O) groups excluding carboxylic acids is 2. The van der Waals surface area contributed by atoms with Crippen LogP contribution in [0.25, 0.3) is 0 Å². The summed E-state index contributed by atoms with van der Waals surface area (Å²) >= 11 is 0. The molecule has 3 N–H and O–H groups in total. The molecule has 0 saturated heterocycles. The van der Waals surface area contributed by atoms with Crippen LogP contribution in [0.4, 0.5) is 0 Å². The molecule has 0 aliphatic heterocycles. The summed E-state index contributed by atoms with van der Waals surface area (Å²) in [5.41, 5.74) is 0. The van der Waals surface area contributed by atoms with E-state index in [1.165, 1.54) is 38.5 Å². The zero-order chi connectivity index (χ0) is 43.1. The molecule has 3 unspecified atom stereocenters. The number of nitrogens with one attached hydrogen (secondary N) is 1. The number of rotatable bonds is 41. The average Bonchev–Trinajstić information content (AvgIpc) is 3.23. The first kappa shape index (κ1) is 55.8. The minimum absolute atomic E-state index is 0.0234. The van der Waals surface area contributed by atoms with Gasteiger partial charge in [0, 0.05) is 6.42 Å². The van der Waals surface area contributed by atoms with Crippen LogP contribution in [-0.2, 0) is 14.3 Å². The third kappa shape index (κ3) is 41.3. The Morgan fingerprint density at radius 3 is 1.42 bits per heavy atom. The van der Waals surface area contributed by atoms with E-state index in [0.717, 1.165) is 116 Å². The summed E-state index contributed by atoms with van der Waals surface area (Å²) in [5, 5.41) is 23.6. The number of unbranched alkanes of at least 4 members (excludes halogenated alkanes) is 13.